The average Bonchev–Trinajstić information content (AvgIpc) is 3.00. The summed E-state index contributed by atoms with van der Waals surface area (Å²) < 4.78 is 5.29. The molecule has 1 N–H and O–H groups in total. The molecule has 1 atom stereocenters. The van der Waals surface area contributed by atoms with Gasteiger partial charge in [-0.2, -0.15) is 0 Å². The van der Waals surface area contributed by atoms with Gasteiger partial charge >= 0.3 is 5.97 Å². The number of rotatable bonds is 5. The minimum absolute atomic E-state index is 0.0457. The second-order valence-electron chi connectivity index (χ2n) is 4.84. The number of nitrogens with zero attached hydrogens (tertiary/aromatic N) is 1. The first-order valence-corrected chi connectivity index (χ1v) is 6.61. The molecule has 0 aliphatic carbocycles. The molecule has 0 fully saturated rings. The fourth-order valence-corrected chi connectivity index (χ4v) is 2.11. The fourth-order valence-electron chi connectivity index (χ4n) is 2.11. The van der Waals surface area contributed by atoms with Gasteiger partial charge in [-0.15, -0.1) is 0 Å². The smallest absolute Gasteiger partial charge is 0.335 e. The van der Waals surface area contributed by atoms with Crippen molar-refractivity contribution >= 4 is 11.9 Å². The second kappa shape index (κ2) is 6.26. The van der Waals surface area contributed by atoms with Gasteiger partial charge in [-0.25, -0.2) is 4.79 Å². The van der Waals surface area contributed by atoms with Crippen LogP contribution in [0.25, 0.3) is 0 Å². The van der Waals surface area contributed by atoms with Crippen LogP contribution in [0.4, 0.5) is 0 Å². The van der Waals surface area contributed by atoms with Crippen LogP contribution in [-0.2, 0) is 11.2 Å². The van der Waals surface area contributed by atoms with E-state index in [9.17, 15) is 9.59 Å². The number of amides is 1. The minimum atomic E-state index is -1.03. The van der Waals surface area contributed by atoms with Gasteiger partial charge in [-0.05, 0) is 30.7 Å². The van der Waals surface area contributed by atoms with Crippen molar-refractivity contribution in [3.8, 4) is 0 Å². The molecule has 1 aromatic carbocycles. The van der Waals surface area contributed by atoms with E-state index in [1.807, 2.05) is 6.92 Å². The van der Waals surface area contributed by atoms with E-state index in [1.165, 1.54) is 6.07 Å². The highest BCUT2D eigenvalue weighted by atomic mass is 16.4. The molecule has 2 aromatic rings. The Morgan fingerprint density at radius 3 is 2.57 bits per heavy atom. The Kier molecular flexibility index (Phi) is 4.42. The Hall–Kier alpha value is -2.56. The molecule has 5 nitrogen and oxygen atoms in total. The summed E-state index contributed by atoms with van der Waals surface area (Å²) in [6.07, 6.45) is 1.61. The number of benzene rings is 1. The van der Waals surface area contributed by atoms with Gasteiger partial charge in [0.05, 0.1) is 24.3 Å². The Balaban J connectivity index is 2.13. The van der Waals surface area contributed by atoms with Gasteiger partial charge in [0.15, 0.2) is 0 Å². The molecule has 0 saturated heterocycles. The summed E-state index contributed by atoms with van der Waals surface area (Å²) in [4.78, 5) is 25.0. The molecule has 0 radical (unpaired) electrons. The molecular formula is C16H17NO4. The molecule has 0 spiro atoms. The molecule has 0 bridgehead atoms. The lowest BCUT2D eigenvalue weighted by molar-refractivity contribution is -0.131. The highest BCUT2D eigenvalue weighted by Gasteiger charge is 2.21. The summed E-state index contributed by atoms with van der Waals surface area (Å²) in [5, 5.41) is 9.14. The third-order valence-corrected chi connectivity index (χ3v) is 3.52. The molecule has 1 heterocycles. The normalized spacial score (nSPS) is 11.9. The van der Waals surface area contributed by atoms with Gasteiger partial charge in [0.25, 0.3) is 0 Å². The van der Waals surface area contributed by atoms with E-state index in [2.05, 4.69) is 0 Å². The third-order valence-electron chi connectivity index (χ3n) is 3.52. The van der Waals surface area contributed by atoms with Crippen LogP contribution < -0.4 is 0 Å². The predicted molar refractivity (Wildman–Crippen MR) is 77.0 cm³/mol. The SMILES string of the molecule is C[C@H](c1ccco1)N(C)C(=O)Cc1ccccc1C(=O)O. The van der Waals surface area contributed by atoms with Crippen LogP contribution >= 0.6 is 0 Å². The van der Waals surface area contributed by atoms with Crippen LogP contribution in [0.1, 0.15) is 34.6 Å². The number of hydrogen-bond acceptors (Lipinski definition) is 3. The molecule has 0 aliphatic heterocycles. The third kappa shape index (κ3) is 3.31. The zero-order valence-corrected chi connectivity index (χ0v) is 11.9. The summed E-state index contributed by atoms with van der Waals surface area (Å²) >= 11 is 0. The maximum absolute atomic E-state index is 12.3. The van der Waals surface area contributed by atoms with Crippen molar-refractivity contribution in [1.82, 2.24) is 4.90 Å². The van der Waals surface area contributed by atoms with E-state index >= 15 is 0 Å². The largest absolute Gasteiger partial charge is 0.478 e. The van der Waals surface area contributed by atoms with E-state index < -0.39 is 5.97 Å². The number of aromatic carboxylic acids is 1. The van der Waals surface area contributed by atoms with E-state index in [0.717, 1.165) is 0 Å². The number of carbonyl (C=O) groups is 2. The monoisotopic (exact) mass is 287 g/mol. The van der Waals surface area contributed by atoms with Crippen LogP contribution in [0.15, 0.2) is 47.1 Å². The van der Waals surface area contributed by atoms with Crippen molar-refractivity contribution in [2.24, 2.45) is 0 Å². The standard InChI is InChI=1S/C16H17NO4/c1-11(14-8-5-9-21-14)17(2)15(18)10-12-6-3-4-7-13(12)16(19)20/h3-9,11H,10H2,1-2H3,(H,19,20)/t11-/m1/s1. The molecule has 2 rings (SSSR count). The molecule has 1 amide bonds. The Bertz CT molecular complexity index is 633. The number of furan rings is 1. The van der Waals surface area contributed by atoms with Gasteiger partial charge in [-0.3, -0.25) is 4.79 Å². The van der Waals surface area contributed by atoms with Gasteiger partial charge in [0.2, 0.25) is 5.91 Å². The first-order chi connectivity index (χ1) is 10.0. The number of likely N-dealkylation sites (N-methyl/N-ethyl adjacent to an activating group) is 1. The van der Waals surface area contributed by atoms with E-state index in [0.29, 0.717) is 11.3 Å². The van der Waals surface area contributed by atoms with Crippen molar-refractivity contribution in [2.45, 2.75) is 19.4 Å². The average molecular weight is 287 g/mol. The topological polar surface area (TPSA) is 70.8 Å². The fraction of sp³-hybridized carbons (Fsp3) is 0.250. The molecule has 0 unspecified atom stereocenters. The molecular weight excluding hydrogens is 270 g/mol. The van der Waals surface area contributed by atoms with Crippen LogP contribution in [0.5, 0.6) is 0 Å². The first-order valence-electron chi connectivity index (χ1n) is 6.61. The zero-order chi connectivity index (χ0) is 15.4. The minimum Gasteiger partial charge on any atom is -0.478 e. The molecule has 0 aliphatic rings. The molecule has 1 aromatic heterocycles. The lowest BCUT2D eigenvalue weighted by Crippen LogP contribution is -2.31. The van der Waals surface area contributed by atoms with Crippen molar-refractivity contribution in [3.05, 3.63) is 59.5 Å². The molecule has 5 heteroatoms. The maximum atomic E-state index is 12.3. The number of carboxylic acid groups (broad SMARTS) is 1. The lowest BCUT2D eigenvalue weighted by atomic mass is 10.0. The first kappa shape index (κ1) is 14.8. The summed E-state index contributed by atoms with van der Waals surface area (Å²) in [6, 6.07) is 9.90. The Labute approximate surface area is 122 Å². The van der Waals surface area contributed by atoms with Crippen molar-refractivity contribution in [3.63, 3.8) is 0 Å². The van der Waals surface area contributed by atoms with Gasteiger partial charge in [0.1, 0.15) is 5.76 Å². The highest BCUT2D eigenvalue weighted by molar-refractivity contribution is 5.91. The van der Waals surface area contributed by atoms with Crippen molar-refractivity contribution < 1.29 is 19.1 Å². The van der Waals surface area contributed by atoms with E-state index in [1.54, 1.807) is 48.5 Å². The predicted octanol–water partition coefficient (Wildman–Crippen LogP) is 2.74. The van der Waals surface area contributed by atoms with Crippen LogP contribution in [-0.4, -0.2) is 28.9 Å². The lowest BCUT2D eigenvalue weighted by Gasteiger charge is -2.23. The summed E-state index contributed by atoms with van der Waals surface area (Å²) in [5.41, 5.74) is 0.665. The summed E-state index contributed by atoms with van der Waals surface area (Å²) in [6.45, 7) is 1.86. The summed E-state index contributed by atoms with van der Waals surface area (Å²) in [5.74, 6) is -0.495. The summed E-state index contributed by atoms with van der Waals surface area (Å²) in [7, 11) is 1.68. The maximum Gasteiger partial charge on any atom is 0.335 e. The van der Waals surface area contributed by atoms with Crippen LogP contribution in [0, 0.1) is 0 Å². The van der Waals surface area contributed by atoms with Gasteiger partial charge < -0.3 is 14.4 Å². The van der Waals surface area contributed by atoms with Gasteiger partial charge in [-0.1, -0.05) is 18.2 Å². The van der Waals surface area contributed by atoms with Crippen molar-refractivity contribution in [1.29, 1.82) is 0 Å². The Morgan fingerprint density at radius 1 is 1.24 bits per heavy atom. The molecule has 21 heavy (non-hydrogen) atoms. The quantitative estimate of drug-likeness (QED) is 0.918. The van der Waals surface area contributed by atoms with Crippen molar-refractivity contribution in [2.75, 3.05) is 7.05 Å². The van der Waals surface area contributed by atoms with Gasteiger partial charge in [0, 0.05) is 7.05 Å². The number of carbonyl (C=O) groups excluding carboxylic acids is 1. The number of carboxylic acids is 1. The van der Waals surface area contributed by atoms with Crippen LogP contribution in [0.3, 0.4) is 0 Å². The molecule has 110 valence electrons. The zero-order valence-electron chi connectivity index (χ0n) is 11.9. The number of hydrogen-bond donors (Lipinski definition) is 1. The Morgan fingerprint density at radius 2 is 1.95 bits per heavy atom. The molecule has 0 saturated carbocycles. The van der Waals surface area contributed by atoms with Crippen LogP contribution in [0.2, 0.25) is 0 Å². The highest BCUT2D eigenvalue weighted by Crippen LogP contribution is 2.20. The van der Waals surface area contributed by atoms with E-state index in [-0.39, 0.29) is 23.9 Å². The van der Waals surface area contributed by atoms with E-state index in [4.69, 9.17) is 9.52 Å². The second-order valence-corrected chi connectivity index (χ2v) is 4.84.